The van der Waals surface area contributed by atoms with Crippen LogP contribution in [0.1, 0.15) is 26.3 Å². The minimum Gasteiger partial charge on any atom is -0.359 e. The summed E-state index contributed by atoms with van der Waals surface area (Å²) in [5.41, 5.74) is 1.53. The van der Waals surface area contributed by atoms with Crippen molar-refractivity contribution in [2.45, 2.75) is 27.3 Å². The molecule has 0 saturated carbocycles. The first-order chi connectivity index (χ1) is 7.44. The molecule has 0 aliphatic rings. The molecule has 1 aromatic heterocycles. The first-order valence-corrected chi connectivity index (χ1v) is 5.73. The molecule has 3 nitrogen and oxygen atoms in total. The second-order valence-corrected chi connectivity index (χ2v) is 5.43. The zero-order valence-electron chi connectivity index (χ0n) is 11.0. The van der Waals surface area contributed by atoms with Crippen LogP contribution in [0.4, 0.5) is 5.82 Å². The van der Waals surface area contributed by atoms with Crippen molar-refractivity contribution in [1.29, 1.82) is 0 Å². The molecular weight excluding hydrogens is 198 g/mol. The highest BCUT2D eigenvalue weighted by molar-refractivity contribution is 5.46. The van der Waals surface area contributed by atoms with E-state index >= 15 is 0 Å². The average Bonchev–Trinajstić information content (AvgIpc) is 2.16. The van der Waals surface area contributed by atoms with Crippen molar-refractivity contribution in [2.24, 2.45) is 5.41 Å². The van der Waals surface area contributed by atoms with Gasteiger partial charge in [0.05, 0.1) is 0 Å². The maximum Gasteiger partial charge on any atom is 0.132 e. The lowest BCUT2D eigenvalue weighted by atomic mass is 9.96. The molecule has 1 heterocycles. The standard InChI is InChI=1S/C13H23N3/c1-13(2,3)10-16(5)12-11(9-14-4)7-6-8-15-12/h6-8,14H,9-10H2,1-5H3. The molecular formula is C13H23N3. The maximum absolute atomic E-state index is 4.47. The Balaban J connectivity index is 2.85. The van der Waals surface area contributed by atoms with Crippen molar-refractivity contribution >= 4 is 5.82 Å². The van der Waals surface area contributed by atoms with Crippen LogP contribution in [0.5, 0.6) is 0 Å². The van der Waals surface area contributed by atoms with Crippen molar-refractivity contribution in [3.63, 3.8) is 0 Å². The van der Waals surface area contributed by atoms with E-state index < -0.39 is 0 Å². The number of pyridine rings is 1. The maximum atomic E-state index is 4.47. The van der Waals surface area contributed by atoms with Crippen LogP contribution in [-0.2, 0) is 6.54 Å². The van der Waals surface area contributed by atoms with E-state index in [0.717, 1.165) is 18.9 Å². The lowest BCUT2D eigenvalue weighted by Crippen LogP contribution is -2.30. The number of rotatable bonds is 4. The van der Waals surface area contributed by atoms with Crippen LogP contribution in [0.3, 0.4) is 0 Å². The van der Waals surface area contributed by atoms with Crippen LogP contribution in [0.15, 0.2) is 18.3 Å². The van der Waals surface area contributed by atoms with Gasteiger partial charge in [0.15, 0.2) is 0 Å². The Labute approximate surface area is 98.9 Å². The predicted molar refractivity (Wildman–Crippen MR) is 69.7 cm³/mol. The molecule has 0 aliphatic heterocycles. The van der Waals surface area contributed by atoms with Crippen LogP contribution < -0.4 is 10.2 Å². The van der Waals surface area contributed by atoms with Crippen LogP contribution in [0.25, 0.3) is 0 Å². The Morgan fingerprint density at radius 1 is 1.38 bits per heavy atom. The molecule has 0 unspecified atom stereocenters. The molecule has 1 rings (SSSR count). The number of aromatic nitrogens is 1. The van der Waals surface area contributed by atoms with Gasteiger partial charge >= 0.3 is 0 Å². The van der Waals surface area contributed by atoms with E-state index in [-0.39, 0.29) is 5.41 Å². The predicted octanol–water partition coefficient (Wildman–Crippen LogP) is 2.28. The third-order valence-electron chi connectivity index (χ3n) is 2.31. The van der Waals surface area contributed by atoms with Gasteiger partial charge in [-0.25, -0.2) is 4.98 Å². The normalized spacial score (nSPS) is 11.6. The molecule has 0 atom stereocenters. The highest BCUT2D eigenvalue weighted by Crippen LogP contribution is 2.21. The number of anilines is 1. The summed E-state index contributed by atoms with van der Waals surface area (Å²) in [5, 5.41) is 3.18. The van der Waals surface area contributed by atoms with Gasteiger partial charge in [0, 0.05) is 31.9 Å². The van der Waals surface area contributed by atoms with Crippen molar-refractivity contribution < 1.29 is 0 Å². The van der Waals surface area contributed by atoms with E-state index in [0.29, 0.717) is 0 Å². The molecule has 90 valence electrons. The molecule has 0 aromatic carbocycles. The minimum absolute atomic E-state index is 0.281. The topological polar surface area (TPSA) is 28.2 Å². The first kappa shape index (κ1) is 13.0. The minimum atomic E-state index is 0.281. The number of hydrogen-bond acceptors (Lipinski definition) is 3. The summed E-state index contributed by atoms with van der Waals surface area (Å²) in [6.45, 7) is 8.58. The fourth-order valence-electron chi connectivity index (χ4n) is 1.89. The van der Waals surface area contributed by atoms with Gasteiger partial charge < -0.3 is 10.2 Å². The van der Waals surface area contributed by atoms with Crippen LogP contribution >= 0.6 is 0 Å². The van der Waals surface area contributed by atoms with E-state index in [4.69, 9.17) is 0 Å². The fraction of sp³-hybridized carbons (Fsp3) is 0.615. The van der Waals surface area contributed by atoms with Gasteiger partial charge in [0.25, 0.3) is 0 Å². The quantitative estimate of drug-likeness (QED) is 0.845. The molecule has 0 aliphatic carbocycles. The Morgan fingerprint density at radius 2 is 2.06 bits per heavy atom. The fourth-order valence-corrected chi connectivity index (χ4v) is 1.89. The summed E-state index contributed by atoms with van der Waals surface area (Å²) < 4.78 is 0. The molecule has 0 spiro atoms. The largest absolute Gasteiger partial charge is 0.359 e. The number of hydrogen-bond donors (Lipinski definition) is 1. The second-order valence-electron chi connectivity index (χ2n) is 5.43. The van der Waals surface area contributed by atoms with Gasteiger partial charge in [-0.05, 0) is 18.5 Å². The zero-order chi connectivity index (χ0) is 12.2. The van der Waals surface area contributed by atoms with Gasteiger partial charge in [-0.15, -0.1) is 0 Å². The monoisotopic (exact) mass is 221 g/mol. The highest BCUT2D eigenvalue weighted by atomic mass is 15.2. The Hall–Kier alpha value is -1.09. The molecule has 0 bridgehead atoms. The van der Waals surface area contributed by atoms with Crippen LogP contribution in [-0.4, -0.2) is 25.6 Å². The third kappa shape index (κ3) is 3.81. The number of nitrogens with zero attached hydrogens (tertiary/aromatic N) is 2. The molecule has 1 N–H and O–H groups in total. The van der Waals surface area contributed by atoms with Crippen molar-refractivity contribution in [3.05, 3.63) is 23.9 Å². The average molecular weight is 221 g/mol. The Kier molecular flexibility index (Phi) is 4.30. The lowest BCUT2D eigenvalue weighted by molar-refractivity contribution is 0.417. The van der Waals surface area contributed by atoms with Crippen LogP contribution in [0, 0.1) is 5.41 Å². The summed E-state index contributed by atoms with van der Waals surface area (Å²) in [4.78, 5) is 6.70. The van der Waals surface area contributed by atoms with Crippen molar-refractivity contribution in [2.75, 3.05) is 25.5 Å². The van der Waals surface area contributed by atoms with Crippen LogP contribution in [0.2, 0.25) is 0 Å². The molecule has 1 aromatic rings. The van der Waals surface area contributed by atoms with Gasteiger partial charge in [-0.3, -0.25) is 0 Å². The first-order valence-electron chi connectivity index (χ1n) is 5.73. The molecule has 3 heteroatoms. The molecule has 0 saturated heterocycles. The second kappa shape index (κ2) is 5.30. The molecule has 0 fully saturated rings. The summed E-state index contributed by atoms with van der Waals surface area (Å²) >= 11 is 0. The van der Waals surface area contributed by atoms with Gasteiger partial charge in [-0.2, -0.15) is 0 Å². The summed E-state index contributed by atoms with van der Waals surface area (Å²) in [6.07, 6.45) is 1.85. The van der Waals surface area contributed by atoms with E-state index in [1.54, 1.807) is 0 Å². The molecule has 16 heavy (non-hydrogen) atoms. The SMILES string of the molecule is CNCc1cccnc1N(C)CC(C)(C)C. The van der Waals surface area contributed by atoms with E-state index in [9.17, 15) is 0 Å². The molecule has 0 radical (unpaired) electrons. The van der Waals surface area contributed by atoms with Crippen molar-refractivity contribution in [3.8, 4) is 0 Å². The van der Waals surface area contributed by atoms with Gasteiger partial charge in [0.2, 0.25) is 0 Å². The molecule has 0 amide bonds. The summed E-state index contributed by atoms with van der Waals surface area (Å²) in [6, 6.07) is 4.11. The van der Waals surface area contributed by atoms with Gasteiger partial charge in [-0.1, -0.05) is 26.8 Å². The van der Waals surface area contributed by atoms with E-state index in [2.05, 4.69) is 49.1 Å². The summed E-state index contributed by atoms with van der Waals surface area (Å²) in [7, 11) is 4.06. The summed E-state index contributed by atoms with van der Waals surface area (Å²) in [5.74, 6) is 1.08. The van der Waals surface area contributed by atoms with E-state index in [1.165, 1.54) is 5.56 Å². The van der Waals surface area contributed by atoms with Crippen molar-refractivity contribution in [1.82, 2.24) is 10.3 Å². The number of nitrogens with one attached hydrogen (secondary N) is 1. The Morgan fingerprint density at radius 3 is 2.62 bits per heavy atom. The Bertz CT molecular complexity index is 328. The van der Waals surface area contributed by atoms with Gasteiger partial charge in [0.1, 0.15) is 5.82 Å². The van der Waals surface area contributed by atoms with E-state index in [1.807, 2.05) is 19.3 Å². The zero-order valence-corrected chi connectivity index (χ0v) is 11.0. The smallest absolute Gasteiger partial charge is 0.132 e. The highest BCUT2D eigenvalue weighted by Gasteiger charge is 2.16. The third-order valence-corrected chi connectivity index (χ3v) is 2.31. The lowest BCUT2D eigenvalue weighted by Gasteiger charge is -2.28.